The van der Waals surface area contributed by atoms with Crippen LogP contribution in [0.1, 0.15) is 78.1 Å². The second-order valence-electron chi connectivity index (χ2n) is 12.9. The van der Waals surface area contributed by atoms with E-state index >= 15 is 0 Å². The van der Waals surface area contributed by atoms with Crippen LogP contribution in [0.3, 0.4) is 0 Å². The van der Waals surface area contributed by atoms with E-state index in [1.165, 1.54) is 44.9 Å². The van der Waals surface area contributed by atoms with Gasteiger partial charge in [0.15, 0.2) is 0 Å². The van der Waals surface area contributed by atoms with Gasteiger partial charge in [-0.3, -0.25) is 0 Å². The molecule has 6 aliphatic carbocycles. The summed E-state index contributed by atoms with van der Waals surface area (Å²) in [4.78, 5) is 0. The number of aliphatic hydroxyl groups is 4. The van der Waals surface area contributed by atoms with E-state index in [0.717, 1.165) is 54.8 Å². The van der Waals surface area contributed by atoms with Crippen LogP contribution in [-0.2, 0) is 0 Å². The van der Waals surface area contributed by atoms with Crippen molar-refractivity contribution in [2.45, 2.75) is 89.8 Å². The fraction of sp³-hybridized carbons (Fsp3) is 1.00. The number of rotatable bonds is 2. The van der Waals surface area contributed by atoms with Gasteiger partial charge in [0.2, 0.25) is 0 Å². The van der Waals surface area contributed by atoms with Crippen molar-refractivity contribution in [2.75, 3.05) is 13.2 Å². The minimum atomic E-state index is -0.453. The molecule has 0 heterocycles. The minimum absolute atomic E-state index is 0.0600. The molecule has 0 aromatic rings. The van der Waals surface area contributed by atoms with Gasteiger partial charge in [-0.05, 0) is 130 Å². The third kappa shape index (κ3) is 3.58. The Hall–Kier alpha value is -0.160. The lowest BCUT2D eigenvalue weighted by atomic mass is 9.60. The molecule has 6 rings (SSSR count). The van der Waals surface area contributed by atoms with E-state index in [9.17, 15) is 20.4 Å². The van der Waals surface area contributed by atoms with Crippen molar-refractivity contribution in [3.05, 3.63) is 0 Å². The molecule has 4 N–H and O–H groups in total. The SMILES string of the molecule is CC1(CO)CCC2C3CC(CO)C(C3)C2C1.CC1(O)CCC2C3CC(O)C(C3)C2C1. The van der Waals surface area contributed by atoms with Crippen LogP contribution in [0.15, 0.2) is 0 Å². The van der Waals surface area contributed by atoms with Crippen molar-refractivity contribution in [1.29, 1.82) is 0 Å². The molecule has 6 fully saturated rings. The Balaban J connectivity index is 0.000000130. The first kappa shape index (κ1) is 21.7. The summed E-state index contributed by atoms with van der Waals surface area (Å²) in [5.74, 6) is 6.70. The molecule has 6 saturated carbocycles. The Labute approximate surface area is 182 Å². The lowest BCUT2D eigenvalue weighted by Gasteiger charge is -2.45. The van der Waals surface area contributed by atoms with Gasteiger partial charge < -0.3 is 20.4 Å². The first-order valence-electron chi connectivity index (χ1n) is 12.9. The highest BCUT2D eigenvalue weighted by Gasteiger charge is 2.56. The number of fused-ring (bicyclic) bond motifs is 10. The predicted molar refractivity (Wildman–Crippen MR) is 116 cm³/mol. The fourth-order valence-corrected chi connectivity index (χ4v) is 9.44. The summed E-state index contributed by atoms with van der Waals surface area (Å²) in [6.07, 6.45) is 11.6. The lowest BCUT2D eigenvalue weighted by Crippen LogP contribution is -2.42. The molecule has 4 heteroatoms. The maximum atomic E-state index is 10.1. The lowest BCUT2D eigenvalue weighted by molar-refractivity contribution is -0.0566. The molecule has 12 unspecified atom stereocenters. The van der Waals surface area contributed by atoms with Crippen molar-refractivity contribution >= 4 is 0 Å². The molecule has 172 valence electrons. The molecule has 0 aromatic carbocycles. The normalized spacial score (nSPS) is 58.2. The fourth-order valence-electron chi connectivity index (χ4n) is 9.44. The molecule has 0 saturated heterocycles. The molecule has 4 nitrogen and oxygen atoms in total. The average molecular weight is 421 g/mol. The second kappa shape index (κ2) is 7.71. The second-order valence-corrected chi connectivity index (χ2v) is 12.9. The minimum Gasteiger partial charge on any atom is -0.396 e. The summed E-state index contributed by atoms with van der Waals surface area (Å²) < 4.78 is 0. The third-order valence-electron chi connectivity index (χ3n) is 10.9. The zero-order valence-electron chi connectivity index (χ0n) is 19.0. The van der Waals surface area contributed by atoms with Crippen LogP contribution in [0.4, 0.5) is 0 Å². The molecule has 0 radical (unpaired) electrons. The summed E-state index contributed by atoms with van der Waals surface area (Å²) >= 11 is 0. The Bertz CT molecular complexity index is 633. The number of hydrogen-bond donors (Lipinski definition) is 4. The van der Waals surface area contributed by atoms with Crippen molar-refractivity contribution in [1.82, 2.24) is 0 Å². The van der Waals surface area contributed by atoms with E-state index in [1.54, 1.807) is 0 Å². The van der Waals surface area contributed by atoms with E-state index in [2.05, 4.69) is 6.92 Å². The quantitative estimate of drug-likeness (QED) is 0.550. The van der Waals surface area contributed by atoms with Gasteiger partial charge in [-0.1, -0.05) is 6.92 Å². The highest BCUT2D eigenvalue weighted by molar-refractivity contribution is 5.06. The van der Waals surface area contributed by atoms with Gasteiger partial charge in [0.1, 0.15) is 0 Å². The summed E-state index contributed by atoms with van der Waals surface area (Å²) in [5, 5.41) is 38.8. The number of aliphatic hydroxyl groups excluding tert-OH is 3. The largest absolute Gasteiger partial charge is 0.396 e. The van der Waals surface area contributed by atoms with Crippen molar-refractivity contribution in [3.63, 3.8) is 0 Å². The molecule has 0 aromatic heterocycles. The van der Waals surface area contributed by atoms with Crippen LogP contribution in [0, 0.1) is 58.7 Å². The summed E-state index contributed by atoms with van der Waals surface area (Å²) in [5.41, 5.74) is -0.281. The first-order valence-corrected chi connectivity index (χ1v) is 12.9. The van der Waals surface area contributed by atoms with E-state index in [4.69, 9.17) is 0 Å². The molecular weight excluding hydrogens is 376 g/mol. The van der Waals surface area contributed by atoms with Gasteiger partial charge >= 0.3 is 0 Å². The van der Waals surface area contributed by atoms with Crippen LogP contribution in [-0.4, -0.2) is 45.3 Å². The molecule has 0 amide bonds. The first-order chi connectivity index (χ1) is 14.2. The summed E-state index contributed by atoms with van der Waals surface area (Å²) in [6.45, 7) is 4.93. The smallest absolute Gasteiger partial charge is 0.0622 e. The van der Waals surface area contributed by atoms with Gasteiger partial charge in [-0.25, -0.2) is 0 Å². The standard InChI is InChI=1S/C14H24O2.C12H20O2/c1-14(8-16)3-2-11-9-4-10(7-15)12(5-9)13(11)6-14;1-12(14)3-2-8-7-4-9(10(8)6-12)11(13)5-7/h9-13,15-16H,2-8H2,1H3;7-11,13-14H,2-6H2,1H3. The average Bonchev–Trinajstić information content (AvgIpc) is 3.46. The van der Waals surface area contributed by atoms with E-state index in [0.29, 0.717) is 31.0 Å². The molecule has 0 aliphatic heterocycles. The molecule has 30 heavy (non-hydrogen) atoms. The Kier molecular flexibility index (Phi) is 5.57. The Morgan fingerprint density at radius 3 is 2.07 bits per heavy atom. The molecule has 6 aliphatic rings. The molecular formula is C26H44O4. The van der Waals surface area contributed by atoms with Gasteiger partial charge in [0.25, 0.3) is 0 Å². The van der Waals surface area contributed by atoms with E-state index in [-0.39, 0.29) is 11.5 Å². The van der Waals surface area contributed by atoms with Crippen LogP contribution in [0.25, 0.3) is 0 Å². The maximum Gasteiger partial charge on any atom is 0.0622 e. The van der Waals surface area contributed by atoms with Crippen molar-refractivity contribution < 1.29 is 20.4 Å². The van der Waals surface area contributed by atoms with Crippen LogP contribution >= 0.6 is 0 Å². The van der Waals surface area contributed by atoms with Crippen molar-refractivity contribution in [2.24, 2.45) is 58.7 Å². The Morgan fingerprint density at radius 1 is 0.733 bits per heavy atom. The third-order valence-corrected chi connectivity index (χ3v) is 10.9. The van der Waals surface area contributed by atoms with Crippen molar-refractivity contribution in [3.8, 4) is 0 Å². The number of hydrogen-bond acceptors (Lipinski definition) is 4. The highest BCUT2D eigenvalue weighted by atomic mass is 16.3. The van der Waals surface area contributed by atoms with Crippen LogP contribution in [0.2, 0.25) is 0 Å². The van der Waals surface area contributed by atoms with Crippen LogP contribution < -0.4 is 0 Å². The van der Waals surface area contributed by atoms with E-state index in [1.807, 2.05) is 6.92 Å². The topological polar surface area (TPSA) is 80.9 Å². The van der Waals surface area contributed by atoms with E-state index < -0.39 is 5.60 Å². The monoisotopic (exact) mass is 420 g/mol. The zero-order chi connectivity index (χ0) is 21.3. The van der Waals surface area contributed by atoms with Crippen LogP contribution in [0.5, 0.6) is 0 Å². The molecule has 0 spiro atoms. The summed E-state index contributed by atoms with van der Waals surface area (Å²) in [6, 6.07) is 0. The van der Waals surface area contributed by atoms with Gasteiger partial charge in [0.05, 0.1) is 11.7 Å². The molecule has 12 atom stereocenters. The Morgan fingerprint density at radius 2 is 1.37 bits per heavy atom. The van der Waals surface area contributed by atoms with Gasteiger partial charge in [0, 0.05) is 13.2 Å². The maximum absolute atomic E-state index is 10.1. The highest BCUT2D eigenvalue weighted by Crippen LogP contribution is 2.62. The van der Waals surface area contributed by atoms with Gasteiger partial charge in [-0.15, -0.1) is 0 Å². The summed E-state index contributed by atoms with van der Waals surface area (Å²) in [7, 11) is 0. The van der Waals surface area contributed by atoms with Gasteiger partial charge in [-0.2, -0.15) is 0 Å². The predicted octanol–water partition coefficient (Wildman–Crippen LogP) is 3.60. The molecule has 4 bridgehead atoms. The zero-order valence-corrected chi connectivity index (χ0v) is 19.0.